The summed E-state index contributed by atoms with van der Waals surface area (Å²) < 4.78 is 0. The zero-order valence-electron chi connectivity index (χ0n) is 9.71. The Morgan fingerprint density at radius 3 is 3.12 bits per heavy atom. The lowest BCUT2D eigenvalue weighted by Gasteiger charge is -2.29. The number of nitrogens with zero attached hydrogens (tertiary/aromatic N) is 1. The lowest BCUT2D eigenvalue weighted by Crippen LogP contribution is -2.35. The third-order valence-electron chi connectivity index (χ3n) is 3.86. The van der Waals surface area contributed by atoms with E-state index >= 15 is 0 Å². The molecule has 16 heavy (non-hydrogen) atoms. The van der Waals surface area contributed by atoms with E-state index in [9.17, 15) is 0 Å². The standard InChI is InChI=1S/C14H19N2/c1-2-4-14-13(3-1)7-10-16(14)11-12-5-8-15-9-6-12/h1,3-4,12,15H,5-11H2. The zero-order chi connectivity index (χ0) is 10.8. The smallest absolute Gasteiger partial charge is 0.0405 e. The molecule has 85 valence electrons. The quantitative estimate of drug-likeness (QED) is 0.810. The fourth-order valence-corrected chi connectivity index (χ4v) is 2.90. The van der Waals surface area contributed by atoms with Crippen LogP contribution in [0.3, 0.4) is 0 Å². The molecule has 3 rings (SSSR count). The molecule has 1 N–H and O–H groups in total. The molecule has 0 spiro atoms. The summed E-state index contributed by atoms with van der Waals surface area (Å²) in [4.78, 5) is 2.56. The number of nitrogens with one attached hydrogen (secondary N) is 1. The van der Waals surface area contributed by atoms with Crippen molar-refractivity contribution in [2.75, 3.05) is 31.1 Å². The molecule has 1 fully saturated rings. The van der Waals surface area contributed by atoms with Gasteiger partial charge in [0.1, 0.15) is 0 Å². The summed E-state index contributed by atoms with van der Waals surface area (Å²) in [6, 6.07) is 9.62. The molecule has 2 heteroatoms. The largest absolute Gasteiger partial charge is 0.371 e. The van der Waals surface area contributed by atoms with E-state index in [1.807, 2.05) is 6.07 Å². The highest BCUT2D eigenvalue weighted by molar-refractivity contribution is 5.57. The zero-order valence-corrected chi connectivity index (χ0v) is 9.71. The summed E-state index contributed by atoms with van der Waals surface area (Å²) in [5, 5.41) is 3.43. The molecule has 0 saturated carbocycles. The first-order valence-corrected chi connectivity index (χ1v) is 6.38. The van der Waals surface area contributed by atoms with Crippen LogP contribution in [-0.4, -0.2) is 26.2 Å². The Kier molecular flexibility index (Phi) is 2.83. The number of anilines is 1. The van der Waals surface area contributed by atoms with Gasteiger partial charge >= 0.3 is 0 Å². The van der Waals surface area contributed by atoms with Gasteiger partial charge in [-0.3, -0.25) is 0 Å². The molecule has 0 bridgehead atoms. The average molecular weight is 215 g/mol. The van der Waals surface area contributed by atoms with Crippen LogP contribution in [0.1, 0.15) is 18.4 Å². The normalized spacial score (nSPS) is 21.1. The van der Waals surface area contributed by atoms with Crippen LogP contribution in [0.5, 0.6) is 0 Å². The van der Waals surface area contributed by atoms with Crippen LogP contribution in [-0.2, 0) is 6.42 Å². The monoisotopic (exact) mass is 215 g/mol. The van der Waals surface area contributed by atoms with Crippen molar-refractivity contribution in [1.29, 1.82) is 0 Å². The number of rotatable bonds is 2. The molecule has 1 radical (unpaired) electrons. The lowest BCUT2D eigenvalue weighted by molar-refractivity contribution is 0.375. The number of piperidine rings is 1. The van der Waals surface area contributed by atoms with Crippen molar-refractivity contribution >= 4 is 5.69 Å². The summed E-state index contributed by atoms with van der Waals surface area (Å²) in [6.45, 7) is 4.85. The van der Waals surface area contributed by atoms with Crippen LogP contribution in [0, 0.1) is 12.0 Å². The SMILES string of the molecule is [c]1ccc2c(c1)N(CC1CCNCC1)CC2. The van der Waals surface area contributed by atoms with E-state index in [0.717, 1.165) is 5.92 Å². The molecule has 1 aromatic rings. The third kappa shape index (κ3) is 1.94. The van der Waals surface area contributed by atoms with Gasteiger partial charge in [-0.15, -0.1) is 0 Å². The Balaban J connectivity index is 1.68. The van der Waals surface area contributed by atoms with Crippen molar-refractivity contribution in [2.45, 2.75) is 19.3 Å². The number of hydrogen-bond donors (Lipinski definition) is 1. The molecule has 0 amide bonds. The first-order valence-electron chi connectivity index (χ1n) is 6.38. The Bertz CT molecular complexity index is 356. The van der Waals surface area contributed by atoms with Crippen LogP contribution in [0.25, 0.3) is 0 Å². The first kappa shape index (κ1) is 10.2. The van der Waals surface area contributed by atoms with Crippen LogP contribution >= 0.6 is 0 Å². The minimum absolute atomic E-state index is 0.882. The fraction of sp³-hybridized carbons (Fsp3) is 0.571. The highest BCUT2D eigenvalue weighted by Gasteiger charge is 2.22. The molecular formula is C14H19N2. The molecule has 0 aliphatic carbocycles. The minimum atomic E-state index is 0.882. The Labute approximate surface area is 97.6 Å². The molecule has 0 unspecified atom stereocenters. The van der Waals surface area contributed by atoms with Crippen LogP contribution in [0.15, 0.2) is 18.2 Å². The molecular weight excluding hydrogens is 196 g/mol. The second-order valence-corrected chi connectivity index (χ2v) is 4.94. The Hall–Kier alpha value is -1.02. The van der Waals surface area contributed by atoms with E-state index in [1.54, 1.807) is 0 Å². The highest BCUT2D eigenvalue weighted by Crippen LogP contribution is 2.29. The van der Waals surface area contributed by atoms with E-state index in [1.165, 1.54) is 56.7 Å². The molecule has 1 saturated heterocycles. The molecule has 0 atom stereocenters. The summed E-state index contributed by atoms with van der Waals surface area (Å²) in [7, 11) is 0. The topological polar surface area (TPSA) is 15.3 Å². The van der Waals surface area contributed by atoms with Crippen LogP contribution in [0.4, 0.5) is 5.69 Å². The van der Waals surface area contributed by atoms with Crippen LogP contribution < -0.4 is 10.2 Å². The predicted molar refractivity (Wildman–Crippen MR) is 66.8 cm³/mol. The van der Waals surface area contributed by atoms with Gasteiger partial charge in [0.2, 0.25) is 0 Å². The van der Waals surface area contributed by atoms with Gasteiger partial charge in [-0.2, -0.15) is 0 Å². The van der Waals surface area contributed by atoms with Gasteiger partial charge in [0, 0.05) is 18.8 Å². The molecule has 2 aliphatic heterocycles. The average Bonchev–Trinajstić information content (AvgIpc) is 2.74. The van der Waals surface area contributed by atoms with E-state index in [4.69, 9.17) is 0 Å². The minimum Gasteiger partial charge on any atom is -0.371 e. The third-order valence-corrected chi connectivity index (χ3v) is 3.86. The summed E-state index contributed by atoms with van der Waals surface area (Å²) in [5.74, 6) is 0.882. The maximum absolute atomic E-state index is 3.43. The van der Waals surface area contributed by atoms with Crippen molar-refractivity contribution < 1.29 is 0 Å². The van der Waals surface area contributed by atoms with Gasteiger partial charge in [-0.25, -0.2) is 0 Å². The molecule has 0 aromatic heterocycles. The van der Waals surface area contributed by atoms with Gasteiger partial charge in [0.05, 0.1) is 0 Å². The van der Waals surface area contributed by atoms with Crippen molar-refractivity contribution in [3.8, 4) is 0 Å². The summed E-state index contributed by atoms with van der Waals surface area (Å²) in [5.41, 5.74) is 2.94. The van der Waals surface area contributed by atoms with Gasteiger partial charge in [-0.05, 0) is 56.0 Å². The molecule has 2 aliphatic rings. The van der Waals surface area contributed by atoms with Crippen molar-refractivity contribution in [1.82, 2.24) is 5.32 Å². The number of fused-ring (bicyclic) bond motifs is 1. The maximum Gasteiger partial charge on any atom is 0.0405 e. The van der Waals surface area contributed by atoms with Gasteiger partial charge < -0.3 is 10.2 Å². The van der Waals surface area contributed by atoms with Crippen LogP contribution in [0.2, 0.25) is 0 Å². The molecule has 2 heterocycles. The molecule has 1 aromatic carbocycles. The van der Waals surface area contributed by atoms with Gasteiger partial charge in [0.25, 0.3) is 0 Å². The summed E-state index contributed by atoms with van der Waals surface area (Å²) >= 11 is 0. The second-order valence-electron chi connectivity index (χ2n) is 4.94. The van der Waals surface area contributed by atoms with Gasteiger partial charge in [-0.1, -0.05) is 12.1 Å². The van der Waals surface area contributed by atoms with Crippen molar-refractivity contribution in [2.24, 2.45) is 5.92 Å². The lowest BCUT2D eigenvalue weighted by atomic mass is 9.97. The van der Waals surface area contributed by atoms with E-state index in [-0.39, 0.29) is 0 Å². The number of benzene rings is 1. The van der Waals surface area contributed by atoms with E-state index in [2.05, 4.69) is 28.4 Å². The maximum atomic E-state index is 3.43. The second kappa shape index (κ2) is 4.46. The molecule has 2 nitrogen and oxygen atoms in total. The van der Waals surface area contributed by atoms with Crippen molar-refractivity contribution in [3.05, 3.63) is 29.8 Å². The highest BCUT2D eigenvalue weighted by atomic mass is 15.1. The Morgan fingerprint density at radius 1 is 1.38 bits per heavy atom. The van der Waals surface area contributed by atoms with Gasteiger partial charge in [0.15, 0.2) is 0 Å². The number of hydrogen-bond acceptors (Lipinski definition) is 2. The first-order chi connectivity index (χ1) is 7.93. The van der Waals surface area contributed by atoms with E-state index < -0.39 is 0 Å². The van der Waals surface area contributed by atoms with E-state index in [0.29, 0.717) is 0 Å². The fourth-order valence-electron chi connectivity index (χ4n) is 2.90. The van der Waals surface area contributed by atoms with Crippen molar-refractivity contribution in [3.63, 3.8) is 0 Å². The predicted octanol–water partition coefficient (Wildman–Crippen LogP) is 1.85. The Morgan fingerprint density at radius 2 is 2.25 bits per heavy atom. The summed E-state index contributed by atoms with van der Waals surface area (Å²) in [6.07, 6.45) is 3.89.